The topological polar surface area (TPSA) is 46.5 Å². The van der Waals surface area contributed by atoms with Crippen LogP contribution in [0.15, 0.2) is 54.1 Å². The van der Waals surface area contributed by atoms with Crippen molar-refractivity contribution in [1.29, 1.82) is 0 Å². The third-order valence-electron chi connectivity index (χ3n) is 3.25. The Kier molecular flexibility index (Phi) is 5.94. The van der Waals surface area contributed by atoms with E-state index in [1.165, 1.54) is 23.8 Å². The Morgan fingerprint density at radius 2 is 1.91 bits per heavy atom. The van der Waals surface area contributed by atoms with Crippen LogP contribution in [0.3, 0.4) is 0 Å². The summed E-state index contributed by atoms with van der Waals surface area (Å²) in [6.45, 7) is 2.07. The van der Waals surface area contributed by atoms with E-state index in [-0.39, 0.29) is 5.57 Å². The number of allylic oxidation sites excluding steroid dienone is 2. The van der Waals surface area contributed by atoms with Crippen LogP contribution in [-0.2, 0) is 9.53 Å². The number of carboxylic acids is 1. The molecule has 118 valence electrons. The Hall–Kier alpha value is -2.59. The second-order valence-electron chi connectivity index (χ2n) is 4.85. The molecule has 0 amide bonds. The average molecular weight is 326 g/mol. The molecule has 0 spiro atoms. The van der Waals surface area contributed by atoms with Crippen LogP contribution in [0, 0.1) is 6.92 Å². The number of hydrogen-bond acceptors (Lipinski definition) is 3. The lowest BCUT2D eigenvalue weighted by molar-refractivity contribution is -0.130. The molecule has 0 aliphatic rings. The molecular weight excluding hydrogens is 308 g/mol. The van der Waals surface area contributed by atoms with Gasteiger partial charge in [-0.05, 0) is 41.1 Å². The number of thiophene rings is 1. The summed E-state index contributed by atoms with van der Waals surface area (Å²) in [4.78, 5) is 12.6. The standard InChI is InChI=1S/C19H18O3S/c1-14-11-12-23-18(14)10-6-4-8-15-7-3-5-9-16(15)17(13-22-2)19(20)21/h3-13H,1-2H3,(H,20,21)/b8-4+,10-6+,17-13+. The molecule has 0 aliphatic carbocycles. The zero-order chi connectivity index (χ0) is 16.7. The summed E-state index contributed by atoms with van der Waals surface area (Å²) >= 11 is 1.69. The Labute approximate surface area is 139 Å². The number of ether oxygens (including phenoxy) is 1. The number of carboxylic acid groups (broad SMARTS) is 1. The third kappa shape index (κ3) is 4.44. The maximum atomic E-state index is 11.4. The Morgan fingerprint density at radius 1 is 1.17 bits per heavy atom. The maximum Gasteiger partial charge on any atom is 0.339 e. The number of hydrogen-bond donors (Lipinski definition) is 1. The lowest BCUT2D eigenvalue weighted by atomic mass is 10.00. The minimum atomic E-state index is -1.02. The molecule has 0 bridgehead atoms. The van der Waals surface area contributed by atoms with Gasteiger partial charge in [0.25, 0.3) is 0 Å². The summed E-state index contributed by atoms with van der Waals surface area (Å²) in [5, 5.41) is 11.4. The van der Waals surface area contributed by atoms with Crippen LogP contribution >= 0.6 is 11.3 Å². The van der Waals surface area contributed by atoms with Crippen molar-refractivity contribution in [3.8, 4) is 0 Å². The fraction of sp³-hybridized carbons (Fsp3) is 0.105. The van der Waals surface area contributed by atoms with Crippen LogP contribution in [0.5, 0.6) is 0 Å². The number of rotatable bonds is 6. The van der Waals surface area contributed by atoms with Crippen molar-refractivity contribution in [3.05, 3.63) is 75.7 Å². The lowest BCUT2D eigenvalue weighted by Crippen LogP contribution is -2.02. The molecule has 0 fully saturated rings. The lowest BCUT2D eigenvalue weighted by Gasteiger charge is -2.06. The molecule has 1 aromatic heterocycles. The highest BCUT2D eigenvalue weighted by molar-refractivity contribution is 7.11. The summed E-state index contributed by atoms with van der Waals surface area (Å²) < 4.78 is 4.88. The van der Waals surface area contributed by atoms with E-state index in [0.29, 0.717) is 5.56 Å². The van der Waals surface area contributed by atoms with E-state index in [1.807, 2.05) is 42.5 Å². The summed E-state index contributed by atoms with van der Waals surface area (Å²) in [5.74, 6) is -1.02. The van der Waals surface area contributed by atoms with Gasteiger partial charge in [-0.1, -0.05) is 42.5 Å². The molecule has 0 unspecified atom stereocenters. The molecule has 0 aliphatic heterocycles. The number of aryl methyl sites for hydroxylation is 1. The highest BCUT2D eigenvalue weighted by Crippen LogP contribution is 2.21. The van der Waals surface area contributed by atoms with Gasteiger partial charge in [-0.3, -0.25) is 0 Å². The zero-order valence-corrected chi connectivity index (χ0v) is 13.8. The quantitative estimate of drug-likeness (QED) is 0.469. The Balaban J connectivity index is 2.25. The molecule has 3 nitrogen and oxygen atoms in total. The molecule has 0 saturated heterocycles. The van der Waals surface area contributed by atoms with Gasteiger partial charge in [0.15, 0.2) is 0 Å². The molecule has 1 heterocycles. The molecular formula is C19H18O3S. The van der Waals surface area contributed by atoms with Gasteiger partial charge < -0.3 is 9.84 Å². The van der Waals surface area contributed by atoms with E-state index in [4.69, 9.17) is 4.74 Å². The van der Waals surface area contributed by atoms with E-state index in [0.717, 1.165) is 5.56 Å². The van der Waals surface area contributed by atoms with Crippen LogP contribution in [0.25, 0.3) is 17.7 Å². The summed E-state index contributed by atoms with van der Waals surface area (Å²) in [6.07, 6.45) is 9.05. The third-order valence-corrected chi connectivity index (χ3v) is 4.24. The van der Waals surface area contributed by atoms with Gasteiger partial charge in [0.1, 0.15) is 5.57 Å². The predicted molar refractivity (Wildman–Crippen MR) is 96.2 cm³/mol. The normalized spacial score (nSPS) is 12.2. The molecule has 1 aromatic carbocycles. The number of benzene rings is 1. The Morgan fingerprint density at radius 3 is 2.57 bits per heavy atom. The number of carbonyl (C=O) groups is 1. The highest BCUT2D eigenvalue weighted by Gasteiger charge is 2.13. The first-order chi connectivity index (χ1) is 11.1. The average Bonchev–Trinajstić information content (AvgIpc) is 2.95. The van der Waals surface area contributed by atoms with Crippen molar-refractivity contribution >= 4 is 35.0 Å². The first-order valence-electron chi connectivity index (χ1n) is 7.08. The number of aliphatic carboxylic acids is 1. The largest absolute Gasteiger partial charge is 0.503 e. The van der Waals surface area contributed by atoms with Crippen LogP contribution < -0.4 is 0 Å². The first-order valence-corrected chi connectivity index (χ1v) is 7.96. The van der Waals surface area contributed by atoms with Crippen molar-refractivity contribution in [2.75, 3.05) is 7.11 Å². The van der Waals surface area contributed by atoms with Gasteiger partial charge in [0.2, 0.25) is 0 Å². The molecule has 0 radical (unpaired) electrons. The zero-order valence-electron chi connectivity index (χ0n) is 13.0. The highest BCUT2D eigenvalue weighted by atomic mass is 32.1. The summed E-state index contributed by atoms with van der Waals surface area (Å²) in [7, 11) is 1.44. The monoisotopic (exact) mass is 326 g/mol. The molecule has 1 N–H and O–H groups in total. The smallest absolute Gasteiger partial charge is 0.339 e. The van der Waals surface area contributed by atoms with Gasteiger partial charge in [-0.2, -0.15) is 0 Å². The van der Waals surface area contributed by atoms with Gasteiger partial charge in [-0.25, -0.2) is 4.79 Å². The number of methoxy groups -OCH3 is 1. The van der Waals surface area contributed by atoms with Crippen molar-refractivity contribution in [2.24, 2.45) is 0 Å². The van der Waals surface area contributed by atoms with Gasteiger partial charge >= 0.3 is 5.97 Å². The van der Waals surface area contributed by atoms with E-state index in [9.17, 15) is 9.90 Å². The molecule has 23 heavy (non-hydrogen) atoms. The van der Waals surface area contributed by atoms with E-state index >= 15 is 0 Å². The van der Waals surface area contributed by atoms with Gasteiger partial charge in [0.05, 0.1) is 13.4 Å². The SMILES string of the molecule is CO/C=C(/C(=O)O)c1ccccc1/C=C/C=C/c1sccc1C. The molecule has 0 atom stereocenters. The van der Waals surface area contributed by atoms with Crippen LogP contribution in [0.2, 0.25) is 0 Å². The predicted octanol–water partition coefficient (Wildman–Crippen LogP) is 4.86. The second-order valence-corrected chi connectivity index (χ2v) is 5.79. The molecule has 4 heteroatoms. The fourth-order valence-electron chi connectivity index (χ4n) is 2.09. The summed E-state index contributed by atoms with van der Waals surface area (Å²) in [6, 6.07) is 9.42. The molecule has 2 rings (SSSR count). The van der Waals surface area contributed by atoms with Crippen LogP contribution in [0.1, 0.15) is 21.6 Å². The van der Waals surface area contributed by atoms with E-state index in [1.54, 1.807) is 17.4 Å². The fourth-order valence-corrected chi connectivity index (χ4v) is 2.92. The molecule has 0 saturated carbocycles. The second kappa shape index (κ2) is 8.15. The minimum absolute atomic E-state index is 0.130. The van der Waals surface area contributed by atoms with Crippen molar-refractivity contribution in [1.82, 2.24) is 0 Å². The van der Waals surface area contributed by atoms with Gasteiger partial charge in [0, 0.05) is 4.88 Å². The van der Waals surface area contributed by atoms with Gasteiger partial charge in [-0.15, -0.1) is 11.3 Å². The van der Waals surface area contributed by atoms with E-state index in [2.05, 4.69) is 18.4 Å². The summed E-state index contributed by atoms with van der Waals surface area (Å²) in [5.41, 5.74) is 2.83. The van der Waals surface area contributed by atoms with E-state index < -0.39 is 5.97 Å². The van der Waals surface area contributed by atoms with Crippen LogP contribution in [0.4, 0.5) is 0 Å². The molecule has 2 aromatic rings. The van der Waals surface area contributed by atoms with Crippen molar-refractivity contribution in [3.63, 3.8) is 0 Å². The van der Waals surface area contributed by atoms with Crippen LogP contribution in [-0.4, -0.2) is 18.2 Å². The first kappa shape index (κ1) is 16.8. The van der Waals surface area contributed by atoms with Crippen molar-refractivity contribution < 1.29 is 14.6 Å². The maximum absolute atomic E-state index is 11.4. The van der Waals surface area contributed by atoms with Crippen molar-refractivity contribution in [2.45, 2.75) is 6.92 Å². The Bertz CT molecular complexity index is 766. The minimum Gasteiger partial charge on any atom is -0.503 e.